The molecular formula is C14H20BrClN2O. The van der Waals surface area contributed by atoms with Crippen molar-refractivity contribution in [3.63, 3.8) is 0 Å². The zero-order valence-corrected chi connectivity index (χ0v) is 13.5. The number of likely N-dealkylation sites (tertiary alicyclic amines) is 1. The fraction of sp³-hybridized carbons (Fsp3) is 0.500. The normalized spacial score (nSPS) is 16.0. The number of hydrogen-bond donors (Lipinski definition) is 1. The van der Waals surface area contributed by atoms with Crippen LogP contribution in [0, 0.1) is 0 Å². The molecule has 0 spiro atoms. The van der Waals surface area contributed by atoms with Crippen molar-refractivity contribution in [2.45, 2.75) is 25.3 Å². The summed E-state index contributed by atoms with van der Waals surface area (Å²) in [5.41, 5.74) is 1.08. The molecule has 5 heteroatoms. The van der Waals surface area contributed by atoms with Crippen LogP contribution in [0.1, 0.15) is 18.4 Å². The first-order valence-corrected chi connectivity index (χ1v) is 7.18. The van der Waals surface area contributed by atoms with E-state index in [-0.39, 0.29) is 18.3 Å². The average Bonchev–Trinajstić information content (AvgIpc) is 2.41. The first-order valence-electron chi connectivity index (χ1n) is 6.38. The van der Waals surface area contributed by atoms with Crippen molar-refractivity contribution < 1.29 is 4.79 Å². The van der Waals surface area contributed by atoms with Crippen LogP contribution in [0.25, 0.3) is 0 Å². The highest BCUT2D eigenvalue weighted by molar-refractivity contribution is 9.10. The van der Waals surface area contributed by atoms with Gasteiger partial charge in [-0.2, -0.15) is 0 Å². The van der Waals surface area contributed by atoms with Crippen LogP contribution >= 0.6 is 28.3 Å². The Morgan fingerprint density at radius 2 is 1.89 bits per heavy atom. The van der Waals surface area contributed by atoms with Gasteiger partial charge < -0.3 is 10.2 Å². The monoisotopic (exact) mass is 346 g/mol. The first kappa shape index (κ1) is 16.5. The molecule has 0 aromatic heterocycles. The van der Waals surface area contributed by atoms with Crippen LogP contribution in [0.5, 0.6) is 0 Å². The highest BCUT2D eigenvalue weighted by Gasteiger charge is 2.21. The summed E-state index contributed by atoms with van der Waals surface area (Å²) in [6, 6.07) is 8.54. The van der Waals surface area contributed by atoms with E-state index in [4.69, 9.17) is 0 Å². The number of carbonyl (C=O) groups is 1. The molecule has 19 heavy (non-hydrogen) atoms. The van der Waals surface area contributed by atoms with Crippen LogP contribution in [0.2, 0.25) is 0 Å². The molecule has 1 heterocycles. The summed E-state index contributed by atoms with van der Waals surface area (Å²) < 4.78 is 1.05. The number of piperidine rings is 1. The van der Waals surface area contributed by atoms with Crippen molar-refractivity contribution in [1.82, 2.24) is 10.2 Å². The third-order valence-electron chi connectivity index (χ3n) is 3.52. The molecule has 1 amide bonds. The van der Waals surface area contributed by atoms with Gasteiger partial charge in [-0.15, -0.1) is 12.4 Å². The summed E-state index contributed by atoms with van der Waals surface area (Å²) >= 11 is 3.40. The van der Waals surface area contributed by atoms with Gasteiger partial charge >= 0.3 is 0 Å². The van der Waals surface area contributed by atoms with Gasteiger partial charge in [0, 0.05) is 23.6 Å². The van der Waals surface area contributed by atoms with Crippen molar-refractivity contribution in [3.05, 3.63) is 34.3 Å². The van der Waals surface area contributed by atoms with Crippen LogP contribution in [0.4, 0.5) is 0 Å². The molecule has 1 aliphatic heterocycles. The van der Waals surface area contributed by atoms with Gasteiger partial charge in [-0.1, -0.05) is 28.1 Å². The Morgan fingerprint density at radius 3 is 2.42 bits per heavy atom. The molecule has 0 aliphatic carbocycles. The summed E-state index contributed by atoms with van der Waals surface area (Å²) in [7, 11) is 1.99. The van der Waals surface area contributed by atoms with Crippen molar-refractivity contribution in [1.29, 1.82) is 0 Å². The molecule has 106 valence electrons. The van der Waals surface area contributed by atoms with Gasteiger partial charge in [0.05, 0.1) is 6.42 Å². The van der Waals surface area contributed by atoms with E-state index in [1.165, 1.54) is 0 Å². The Labute approximate surface area is 129 Å². The zero-order chi connectivity index (χ0) is 13.0. The second-order valence-corrected chi connectivity index (χ2v) is 5.66. The Bertz CT molecular complexity index is 402. The number of nitrogens with one attached hydrogen (secondary N) is 1. The highest BCUT2D eigenvalue weighted by atomic mass is 79.9. The summed E-state index contributed by atoms with van der Waals surface area (Å²) in [4.78, 5) is 14.1. The average molecular weight is 348 g/mol. The molecule has 1 N–H and O–H groups in total. The summed E-state index contributed by atoms with van der Waals surface area (Å²) in [6.07, 6.45) is 2.63. The fourth-order valence-corrected chi connectivity index (χ4v) is 2.57. The predicted molar refractivity (Wildman–Crippen MR) is 83.8 cm³/mol. The van der Waals surface area contributed by atoms with Crippen LogP contribution in [-0.2, 0) is 11.2 Å². The molecule has 1 saturated heterocycles. The van der Waals surface area contributed by atoms with Gasteiger partial charge in [0.25, 0.3) is 0 Å². The largest absolute Gasteiger partial charge is 0.342 e. The lowest BCUT2D eigenvalue weighted by atomic mass is 10.0. The van der Waals surface area contributed by atoms with Gasteiger partial charge in [0.15, 0.2) is 0 Å². The molecule has 0 saturated carbocycles. The van der Waals surface area contributed by atoms with Crippen LogP contribution < -0.4 is 5.32 Å². The summed E-state index contributed by atoms with van der Waals surface area (Å²) in [5.74, 6) is 0.242. The molecule has 3 nitrogen and oxygen atoms in total. The Morgan fingerprint density at radius 1 is 1.32 bits per heavy atom. The third-order valence-corrected chi connectivity index (χ3v) is 4.05. The lowest BCUT2D eigenvalue weighted by Gasteiger charge is -2.31. The number of nitrogens with zero attached hydrogens (tertiary/aromatic N) is 1. The molecule has 1 aliphatic rings. The van der Waals surface area contributed by atoms with Crippen LogP contribution in [0.3, 0.4) is 0 Å². The molecular weight excluding hydrogens is 328 g/mol. The molecule has 0 unspecified atom stereocenters. The van der Waals surface area contributed by atoms with Crippen molar-refractivity contribution in [2.24, 2.45) is 0 Å². The van der Waals surface area contributed by atoms with Gasteiger partial charge in [-0.3, -0.25) is 4.79 Å². The molecule has 2 rings (SSSR count). The minimum absolute atomic E-state index is 0. The number of amides is 1. The molecule has 0 radical (unpaired) electrons. The third kappa shape index (κ3) is 4.79. The van der Waals surface area contributed by atoms with E-state index in [0.717, 1.165) is 36.0 Å². The van der Waals surface area contributed by atoms with Crippen molar-refractivity contribution in [2.75, 3.05) is 20.1 Å². The molecule has 0 atom stereocenters. The maximum atomic E-state index is 12.1. The van der Waals surface area contributed by atoms with Gasteiger partial charge in [-0.05, 0) is 37.6 Å². The quantitative estimate of drug-likeness (QED) is 0.911. The Hall–Kier alpha value is -0.580. The SMILES string of the molecule is CNC1CCN(C(=O)Cc2ccc(Br)cc2)CC1.Cl. The molecule has 1 fully saturated rings. The first-order chi connectivity index (χ1) is 8.69. The van der Waals surface area contributed by atoms with Gasteiger partial charge in [0.2, 0.25) is 5.91 Å². The molecule has 1 aromatic rings. The number of halogens is 2. The molecule has 1 aromatic carbocycles. The Balaban J connectivity index is 0.00000180. The standard InChI is InChI=1S/C14H19BrN2O.ClH/c1-16-13-6-8-17(9-7-13)14(18)10-11-2-4-12(15)5-3-11;/h2-5,13,16H,6-10H2,1H3;1H. The van der Waals surface area contributed by atoms with Crippen LogP contribution in [0.15, 0.2) is 28.7 Å². The van der Waals surface area contributed by atoms with E-state index < -0.39 is 0 Å². The summed E-state index contributed by atoms with van der Waals surface area (Å²) in [6.45, 7) is 1.75. The van der Waals surface area contributed by atoms with Crippen molar-refractivity contribution in [3.8, 4) is 0 Å². The van der Waals surface area contributed by atoms with E-state index in [0.29, 0.717) is 12.5 Å². The number of rotatable bonds is 3. The zero-order valence-electron chi connectivity index (χ0n) is 11.1. The minimum Gasteiger partial charge on any atom is -0.342 e. The predicted octanol–water partition coefficient (Wildman–Crippen LogP) is 2.62. The smallest absolute Gasteiger partial charge is 0.226 e. The van der Waals surface area contributed by atoms with E-state index >= 15 is 0 Å². The minimum atomic E-state index is 0. The number of carbonyl (C=O) groups excluding carboxylic acids is 1. The van der Waals surface area contributed by atoms with E-state index in [1.54, 1.807) is 0 Å². The number of hydrogen-bond acceptors (Lipinski definition) is 2. The van der Waals surface area contributed by atoms with E-state index in [1.807, 2.05) is 36.2 Å². The molecule has 0 bridgehead atoms. The topological polar surface area (TPSA) is 32.3 Å². The number of benzene rings is 1. The second kappa shape index (κ2) is 7.88. The lowest BCUT2D eigenvalue weighted by Crippen LogP contribution is -2.44. The highest BCUT2D eigenvalue weighted by Crippen LogP contribution is 2.14. The maximum absolute atomic E-state index is 12.1. The van der Waals surface area contributed by atoms with Gasteiger partial charge in [-0.25, -0.2) is 0 Å². The maximum Gasteiger partial charge on any atom is 0.226 e. The van der Waals surface area contributed by atoms with E-state index in [2.05, 4.69) is 21.2 Å². The van der Waals surface area contributed by atoms with E-state index in [9.17, 15) is 4.79 Å². The summed E-state index contributed by atoms with van der Waals surface area (Å²) in [5, 5.41) is 3.28. The van der Waals surface area contributed by atoms with Gasteiger partial charge in [0.1, 0.15) is 0 Å². The van der Waals surface area contributed by atoms with Crippen molar-refractivity contribution >= 4 is 34.2 Å². The lowest BCUT2D eigenvalue weighted by molar-refractivity contribution is -0.131. The Kier molecular flexibility index (Phi) is 6.83. The van der Waals surface area contributed by atoms with Crippen LogP contribution in [-0.4, -0.2) is 37.0 Å². The fourth-order valence-electron chi connectivity index (χ4n) is 2.31. The second-order valence-electron chi connectivity index (χ2n) is 4.75.